The quantitative estimate of drug-likeness (QED) is 0.737. The Morgan fingerprint density at radius 3 is 2.44 bits per heavy atom. The molecule has 0 amide bonds. The van der Waals surface area contributed by atoms with Crippen LogP contribution >= 0.6 is 0 Å². The van der Waals surface area contributed by atoms with E-state index in [-0.39, 0.29) is 23.3 Å². The van der Waals surface area contributed by atoms with Gasteiger partial charge in [0.2, 0.25) is 0 Å². The standard InChI is InChI=1S/C24H27FO2/c1-23(2)16-9-10-24(23,3)21(12-16)19-11-15(14-26)5-7-18(19)20-13-17(27-4)6-8-22(20)25/h5-8,11-13,16,26H,9-10,14H2,1-4H3. The summed E-state index contributed by atoms with van der Waals surface area (Å²) in [6.07, 6.45) is 4.73. The molecular formula is C24H27FO2. The Bertz CT molecular complexity index is 928. The lowest BCUT2D eigenvalue weighted by Crippen LogP contribution is -2.29. The van der Waals surface area contributed by atoms with Crippen molar-refractivity contribution in [2.75, 3.05) is 7.11 Å². The normalized spacial score (nSPS) is 25.6. The van der Waals surface area contributed by atoms with Gasteiger partial charge in [0.25, 0.3) is 0 Å². The van der Waals surface area contributed by atoms with Crippen LogP contribution < -0.4 is 4.74 Å². The number of benzene rings is 2. The predicted octanol–water partition coefficient (Wildman–Crippen LogP) is 5.83. The van der Waals surface area contributed by atoms with E-state index in [4.69, 9.17) is 4.74 Å². The summed E-state index contributed by atoms with van der Waals surface area (Å²) in [6, 6.07) is 10.7. The first-order valence-electron chi connectivity index (χ1n) is 9.62. The molecule has 0 aliphatic heterocycles. The zero-order valence-electron chi connectivity index (χ0n) is 16.5. The van der Waals surface area contributed by atoms with Crippen molar-refractivity contribution in [3.63, 3.8) is 0 Å². The maximum atomic E-state index is 14.8. The van der Waals surface area contributed by atoms with Crippen molar-refractivity contribution in [1.29, 1.82) is 0 Å². The molecule has 27 heavy (non-hydrogen) atoms. The van der Waals surface area contributed by atoms with E-state index in [0.717, 1.165) is 23.1 Å². The predicted molar refractivity (Wildman–Crippen MR) is 107 cm³/mol. The first-order chi connectivity index (χ1) is 12.8. The summed E-state index contributed by atoms with van der Waals surface area (Å²) >= 11 is 0. The van der Waals surface area contributed by atoms with Gasteiger partial charge in [0.05, 0.1) is 13.7 Å². The second-order valence-electron chi connectivity index (χ2n) is 8.66. The number of halogens is 1. The monoisotopic (exact) mass is 366 g/mol. The molecule has 2 aliphatic rings. The van der Waals surface area contributed by atoms with E-state index in [1.54, 1.807) is 19.2 Å². The highest BCUT2D eigenvalue weighted by Crippen LogP contribution is 2.68. The smallest absolute Gasteiger partial charge is 0.131 e. The molecule has 142 valence electrons. The fourth-order valence-electron chi connectivity index (χ4n) is 5.07. The molecule has 0 spiro atoms. The molecule has 3 heteroatoms. The Labute approximate surface area is 160 Å². The van der Waals surface area contributed by atoms with Gasteiger partial charge in [-0.1, -0.05) is 39.0 Å². The maximum absolute atomic E-state index is 14.8. The summed E-state index contributed by atoms with van der Waals surface area (Å²) in [6.45, 7) is 7.00. The minimum atomic E-state index is -0.262. The Morgan fingerprint density at radius 1 is 1.07 bits per heavy atom. The van der Waals surface area contributed by atoms with Crippen LogP contribution in [-0.4, -0.2) is 12.2 Å². The van der Waals surface area contributed by atoms with E-state index >= 15 is 0 Å². The van der Waals surface area contributed by atoms with Gasteiger partial charge in [-0.05, 0) is 76.1 Å². The van der Waals surface area contributed by atoms with Crippen LogP contribution in [0.5, 0.6) is 5.75 Å². The lowest BCUT2D eigenvalue weighted by Gasteiger charge is -2.38. The van der Waals surface area contributed by atoms with Crippen molar-refractivity contribution >= 4 is 5.57 Å². The average molecular weight is 366 g/mol. The van der Waals surface area contributed by atoms with Crippen LogP contribution in [0.3, 0.4) is 0 Å². The zero-order valence-corrected chi connectivity index (χ0v) is 16.5. The van der Waals surface area contributed by atoms with Crippen molar-refractivity contribution in [3.8, 4) is 16.9 Å². The summed E-state index contributed by atoms with van der Waals surface area (Å²) in [5.41, 5.74) is 4.81. The summed E-state index contributed by atoms with van der Waals surface area (Å²) in [4.78, 5) is 0. The number of aliphatic hydroxyl groups is 1. The van der Waals surface area contributed by atoms with Crippen molar-refractivity contribution < 1.29 is 14.2 Å². The highest BCUT2D eigenvalue weighted by atomic mass is 19.1. The van der Waals surface area contributed by atoms with Gasteiger partial charge in [-0.2, -0.15) is 0 Å². The van der Waals surface area contributed by atoms with E-state index in [1.807, 2.05) is 18.2 Å². The average Bonchev–Trinajstić information content (AvgIpc) is 3.01. The van der Waals surface area contributed by atoms with E-state index in [1.165, 1.54) is 18.1 Å². The van der Waals surface area contributed by atoms with Crippen LogP contribution in [0.4, 0.5) is 4.39 Å². The molecule has 2 aromatic carbocycles. The van der Waals surface area contributed by atoms with Crippen molar-refractivity contribution in [3.05, 3.63) is 59.4 Å². The number of aliphatic hydroxyl groups excluding tert-OH is 1. The van der Waals surface area contributed by atoms with Crippen molar-refractivity contribution in [2.24, 2.45) is 16.7 Å². The number of fused-ring (bicyclic) bond motifs is 2. The summed E-state index contributed by atoms with van der Waals surface area (Å²) in [7, 11) is 1.59. The molecule has 2 nitrogen and oxygen atoms in total. The van der Waals surface area contributed by atoms with Gasteiger partial charge >= 0.3 is 0 Å². The van der Waals surface area contributed by atoms with E-state index in [9.17, 15) is 9.50 Å². The van der Waals surface area contributed by atoms with Crippen LogP contribution in [-0.2, 0) is 6.61 Å². The summed E-state index contributed by atoms with van der Waals surface area (Å²) in [5, 5.41) is 9.69. The lowest BCUT2D eigenvalue weighted by molar-refractivity contribution is 0.189. The highest BCUT2D eigenvalue weighted by Gasteiger charge is 2.57. The van der Waals surface area contributed by atoms with Crippen LogP contribution in [0.15, 0.2) is 42.5 Å². The molecule has 0 saturated heterocycles. The highest BCUT2D eigenvalue weighted by molar-refractivity contribution is 5.86. The third kappa shape index (κ3) is 2.55. The lowest BCUT2D eigenvalue weighted by atomic mass is 9.65. The molecule has 2 aromatic rings. The first-order valence-corrected chi connectivity index (χ1v) is 9.62. The molecule has 0 aromatic heterocycles. The van der Waals surface area contributed by atoms with E-state index < -0.39 is 0 Å². The summed E-state index contributed by atoms with van der Waals surface area (Å²) in [5.74, 6) is 0.914. The SMILES string of the molecule is COc1ccc(F)c(-c2ccc(CO)cc2C2=CC3CCC2(C)C3(C)C)c1. The Kier molecular flexibility index (Phi) is 4.19. The van der Waals surface area contributed by atoms with Gasteiger partial charge in [0.1, 0.15) is 11.6 Å². The maximum Gasteiger partial charge on any atom is 0.131 e. The molecule has 0 heterocycles. The largest absolute Gasteiger partial charge is 0.497 e. The van der Waals surface area contributed by atoms with Crippen LogP contribution in [0.2, 0.25) is 0 Å². The number of rotatable bonds is 4. The third-order valence-electron chi connectivity index (χ3n) is 7.29. The molecule has 2 atom stereocenters. The minimum Gasteiger partial charge on any atom is -0.497 e. The van der Waals surface area contributed by atoms with E-state index in [2.05, 4.69) is 26.8 Å². The Hall–Kier alpha value is -2.13. The van der Waals surface area contributed by atoms with Gasteiger partial charge in [-0.3, -0.25) is 0 Å². The Morgan fingerprint density at radius 2 is 1.85 bits per heavy atom. The fraction of sp³-hybridized carbons (Fsp3) is 0.417. The van der Waals surface area contributed by atoms with Gasteiger partial charge in [-0.25, -0.2) is 4.39 Å². The molecular weight excluding hydrogens is 339 g/mol. The molecule has 1 N–H and O–H groups in total. The van der Waals surface area contributed by atoms with Gasteiger partial charge in [-0.15, -0.1) is 0 Å². The Balaban J connectivity index is 1.94. The molecule has 0 radical (unpaired) electrons. The number of hydrogen-bond donors (Lipinski definition) is 1. The minimum absolute atomic E-state index is 0.0231. The van der Waals surface area contributed by atoms with E-state index in [0.29, 0.717) is 17.2 Å². The number of methoxy groups -OCH3 is 1. The first kappa shape index (κ1) is 18.2. The van der Waals surface area contributed by atoms with Gasteiger partial charge in [0, 0.05) is 5.56 Å². The molecule has 1 fully saturated rings. The van der Waals surface area contributed by atoms with Crippen LogP contribution in [0.1, 0.15) is 44.7 Å². The second-order valence-corrected chi connectivity index (χ2v) is 8.66. The molecule has 2 bridgehead atoms. The third-order valence-corrected chi connectivity index (χ3v) is 7.29. The fourth-order valence-corrected chi connectivity index (χ4v) is 5.07. The topological polar surface area (TPSA) is 29.5 Å². The van der Waals surface area contributed by atoms with Crippen molar-refractivity contribution in [2.45, 2.75) is 40.2 Å². The van der Waals surface area contributed by atoms with Crippen molar-refractivity contribution in [1.82, 2.24) is 0 Å². The number of allylic oxidation sites excluding steroid dienone is 2. The molecule has 4 rings (SSSR count). The number of hydrogen-bond acceptors (Lipinski definition) is 2. The van der Waals surface area contributed by atoms with Crippen LogP contribution in [0, 0.1) is 22.6 Å². The molecule has 1 saturated carbocycles. The van der Waals surface area contributed by atoms with Gasteiger partial charge < -0.3 is 9.84 Å². The number of ether oxygens (including phenoxy) is 1. The van der Waals surface area contributed by atoms with Gasteiger partial charge in [0.15, 0.2) is 0 Å². The molecule has 2 aliphatic carbocycles. The molecule has 2 unspecified atom stereocenters. The van der Waals surface area contributed by atoms with Crippen LogP contribution in [0.25, 0.3) is 16.7 Å². The summed E-state index contributed by atoms with van der Waals surface area (Å²) < 4.78 is 20.1. The second kappa shape index (κ2) is 6.20. The zero-order chi connectivity index (χ0) is 19.4.